The zero-order valence-corrected chi connectivity index (χ0v) is 15.4. The van der Waals surface area contributed by atoms with Gasteiger partial charge in [-0.15, -0.1) is 0 Å². The molecule has 2 saturated heterocycles. The molecule has 0 radical (unpaired) electrons. The molecule has 138 valence electrons. The summed E-state index contributed by atoms with van der Waals surface area (Å²) in [6.45, 7) is 6.85. The molecule has 26 heavy (non-hydrogen) atoms. The van der Waals surface area contributed by atoms with Crippen molar-refractivity contribution < 1.29 is 0 Å². The maximum Gasteiger partial charge on any atom is 0.133 e. The number of rotatable bonds is 5. The van der Waals surface area contributed by atoms with Crippen LogP contribution in [0.2, 0.25) is 0 Å². The van der Waals surface area contributed by atoms with Crippen molar-refractivity contribution in [2.24, 2.45) is 0 Å². The summed E-state index contributed by atoms with van der Waals surface area (Å²) >= 11 is 0. The van der Waals surface area contributed by atoms with Crippen LogP contribution in [0.1, 0.15) is 36.9 Å². The van der Waals surface area contributed by atoms with Crippen LogP contribution in [0.25, 0.3) is 0 Å². The second-order valence-electron chi connectivity index (χ2n) is 7.35. The normalized spacial score (nSPS) is 19.3. The summed E-state index contributed by atoms with van der Waals surface area (Å²) in [5, 5.41) is 6.70. The number of hydrogen-bond acceptors (Lipinski definition) is 6. The van der Waals surface area contributed by atoms with Gasteiger partial charge in [0.05, 0.1) is 0 Å². The van der Waals surface area contributed by atoms with E-state index in [0.29, 0.717) is 11.6 Å². The Hall–Kier alpha value is -2.18. The van der Waals surface area contributed by atoms with Gasteiger partial charge in [0.15, 0.2) is 0 Å². The second-order valence-corrected chi connectivity index (χ2v) is 7.35. The lowest BCUT2D eigenvalue weighted by molar-refractivity contribution is 0.113. The zero-order valence-electron chi connectivity index (χ0n) is 15.4. The van der Waals surface area contributed by atoms with Crippen LogP contribution >= 0.6 is 0 Å². The molecular formula is C20H28N6. The Morgan fingerprint density at radius 2 is 2.00 bits per heavy atom. The Kier molecular flexibility index (Phi) is 5.04. The first-order valence-electron chi connectivity index (χ1n) is 9.65. The van der Waals surface area contributed by atoms with Gasteiger partial charge >= 0.3 is 0 Å². The Morgan fingerprint density at radius 1 is 1.19 bits per heavy atom. The summed E-state index contributed by atoms with van der Waals surface area (Å²) < 4.78 is 0. The lowest BCUT2D eigenvalue weighted by Gasteiger charge is -2.42. The fourth-order valence-corrected chi connectivity index (χ4v) is 3.87. The third kappa shape index (κ3) is 3.81. The smallest absolute Gasteiger partial charge is 0.133 e. The standard InChI is InChI=1S/C20H28N6/c1-2-17-9-15(14-4-7-26(8-5-14)18-12-22-13-18)10-20(24-17)25-19-11-16(21)3-6-23-19/h3,6,9-11,14,18,22H,2,4-5,7-8,12-13H2,1H3,(H3,21,23,24,25). The minimum atomic E-state index is 0.613. The maximum absolute atomic E-state index is 5.86. The average molecular weight is 352 g/mol. The number of piperidine rings is 1. The highest BCUT2D eigenvalue weighted by Gasteiger charge is 2.29. The molecule has 6 heteroatoms. The predicted molar refractivity (Wildman–Crippen MR) is 106 cm³/mol. The molecule has 4 heterocycles. The van der Waals surface area contributed by atoms with Gasteiger partial charge in [-0.2, -0.15) is 0 Å². The van der Waals surface area contributed by atoms with Gasteiger partial charge in [-0.05, 0) is 62.0 Å². The van der Waals surface area contributed by atoms with Crippen LogP contribution in [-0.4, -0.2) is 47.1 Å². The second kappa shape index (κ2) is 7.60. The number of likely N-dealkylation sites (tertiary alicyclic amines) is 1. The number of nitrogen functional groups attached to an aromatic ring is 1. The van der Waals surface area contributed by atoms with Crippen molar-refractivity contribution in [3.8, 4) is 0 Å². The van der Waals surface area contributed by atoms with Crippen LogP contribution in [0.3, 0.4) is 0 Å². The molecule has 2 aliphatic heterocycles. The topological polar surface area (TPSA) is 79.1 Å². The van der Waals surface area contributed by atoms with E-state index in [1.54, 1.807) is 12.3 Å². The van der Waals surface area contributed by atoms with Gasteiger partial charge in [0, 0.05) is 42.8 Å². The number of aromatic nitrogens is 2. The molecule has 0 aromatic carbocycles. The minimum Gasteiger partial charge on any atom is -0.399 e. The van der Waals surface area contributed by atoms with E-state index in [4.69, 9.17) is 10.7 Å². The monoisotopic (exact) mass is 352 g/mol. The fourth-order valence-electron chi connectivity index (χ4n) is 3.87. The molecule has 4 rings (SSSR count). The van der Waals surface area contributed by atoms with Crippen LogP contribution in [0, 0.1) is 0 Å². The quantitative estimate of drug-likeness (QED) is 0.767. The number of nitrogens with two attached hydrogens (primary N) is 1. The van der Waals surface area contributed by atoms with Gasteiger partial charge in [-0.25, -0.2) is 9.97 Å². The molecule has 0 atom stereocenters. The number of nitrogens with zero attached hydrogens (tertiary/aromatic N) is 3. The summed E-state index contributed by atoms with van der Waals surface area (Å²) in [5.41, 5.74) is 9.08. The zero-order chi connectivity index (χ0) is 17.9. The van der Waals surface area contributed by atoms with Crippen LogP contribution in [0.5, 0.6) is 0 Å². The molecule has 2 aliphatic rings. The van der Waals surface area contributed by atoms with E-state index in [-0.39, 0.29) is 0 Å². The molecule has 0 spiro atoms. The first kappa shape index (κ1) is 17.2. The Labute approximate surface area is 155 Å². The van der Waals surface area contributed by atoms with Crippen LogP contribution in [0.15, 0.2) is 30.5 Å². The Morgan fingerprint density at radius 3 is 2.65 bits per heavy atom. The highest BCUT2D eigenvalue weighted by atomic mass is 15.2. The van der Waals surface area contributed by atoms with E-state index in [2.05, 4.69) is 39.6 Å². The predicted octanol–water partition coefficient (Wildman–Crippen LogP) is 2.52. The summed E-state index contributed by atoms with van der Waals surface area (Å²) in [4.78, 5) is 11.7. The van der Waals surface area contributed by atoms with Crippen molar-refractivity contribution in [2.75, 3.05) is 37.2 Å². The highest BCUT2D eigenvalue weighted by molar-refractivity contribution is 5.57. The molecular weight excluding hydrogens is 324 g/mol. The van der Waals surface area contributed by atoms with Gasteiger partial charge in [0.1, 0.15) is 11.6 Å². The van der Waals surface area contributed by atoms with Crippen molar-refractivity contribution in [2.45, 2.75) is 38.1 Å². The number of aryl methyl sites for hydroxylation is 1. The van der Waals surface area contributed by atoms with E-state index in [9.17, 15) is 0 Å². The van der Waals surface area contributed by atoms with E-state index in [1.165, 1.54) is 31.5 Å². The molecule has 2 aromatic heterocycles. The summed E-state index contributed by atoms with van der Waals surface area (Å²) in [5.74, 6) is 2.22. The molecule has 0 unspecified atom stereocenters. The Balaban J connectivity index is 1.49. The third-order valence-corrected chi connectivity index (χ3v) is 5.58. The number of anilines is 3. The van der Waals surface area contributed by atoms with Gasteiger partial charge in [0.25, 0.3) is 0 Å². The summed E-state index contributed by atoms with van der Waals surface area (Å²) in [6, 6.07) is 8.85. The first-order chi connectivity index (χ1) is 12.7. The molecule has 0 saturated carbocycles. The van der Waals surface area contributed by atoms with Crippen LogP contribution in [-0.2, 0) is 6.42 Å². The van der Waals surface area contributed by atoms with E-state index in [1.807, 2.05) is 6.07 Å². The molecule has 0 amide bonds. The van der Waals surface area contributed by atoms with Crippen molar-refractivity contribution in [3.63, 3.8) is 0 Å². The molecule has 0 aliphatic carbocycles. The highest BCUT2D eigenvalue weighted by Crippen LogP contribution is 2.31. The largest absolute Gasteiger partial charge is 0.399 e. The summed E-state index contributed by atoms with van der Waals surface area (Å²) in [6.07, 6.45) is 5.09. The lowest BCUT2D eigenvalue weighted by Crippen LogP contribution is -2.58. The average Bonchev–Trinajstić information content (AvgIpc) is 2.60. The number of pyridine rings is 2. The minimum absolute atomic E-state index is 0.613. The number of nitrogens with one attached hydrogen (secondary N) is 2. The molecule has 4 N–H and O–H groups in total. The number of hydrogen-bond donors (Lipinski definition) is 3. The van der Waals surface area contributed by atoms with Crippen molar-refractivity contribution in [1.82, 2.24) is 20.2 Å². The van der Waals surface area contributed by atoms with Crippen LogP contribution < -0.4 is 16.4 Å². The molecule has 2 aromatic rings. The summed E-state index contributed by atoms with van der Waals surface area (Å²) in [7, 11) is 0. The van der Waals surface area contributed by atoms with Gasteiger partial charge in [-0.1, -0.05) is 6.92 Å². The van der Waals surface area contributed by atoms with Gasteiger partial charge in [0.2, 0.25) is 0 Å². The SMILES string of the molecule is CCc1cc(C2CCN(C3CNC3)CC2)cc(Nc2cc(N)ccn2)n1. The third-order valence-electron chi connectivity index (χ3n) is 5.58. The van der Waals surface area contributed by atoms with Crippen molar-refractivity contribution in [3.05, 3.63) is 41.7 Å². The van der Waals surface area contributed by atoms with E-state index >= 15 is 0 Å². The van der Waals surface area contributed by atoms with Crippen LogP contribution in [0.4, 0.5) is 17.3 Å². The Bertz CT molecular complexity index is 750. The van der Waals surface area contributed by atoms with Crippen molar-refractivity contribution in [1.29, 1.82) is 0 Å². The first-order valence-corrected chi connectivity index (χ1v) is 9.65. The maximum atomic E-state index is 5.86. The van der Waals surface area contributed by atoms with Crippen molar-refractivity contribution >= 4 is 17.3 Å². The van der Waals surface area contributed by atoms with E-state index < -0.39 is 0 Å². The fraction of sp³-hybridized carbons (Fsp3) is 0.500. The molecule has 0 bridgehead atoms. The van der Waals surface area contributed by atoms with Gasteiger partial charge < -0.3 is 16.4 Å². The lowest BCUT2D eigenvalue weighted by atomic mass is 9.88. The van der Waals surface area contributed by atoms with E-state index in [0.717, 1.165) is 42.9 Å². The van der Waals surface area contributed by atoms with Gasteiger partial charge in [-0.3, -0.25) is 4.90 Å². The molecule has 2 fully saturated rings. The molecule has 6 nitrogen and oxygen atoms in total.